The zero-order valence-electron chi connectivity index (χ0n) is 33.4. The molecule has 0 fully saturated rings. The molecule has 0 bridgehead atoms. The standard InChI is InChI=1S/C44H46F2N8O5S/c1-4-18-53(40(56)24-48-43(58)59-3)26-39-50-35-17-14-28(21-36(35)51-39)10-9-13-31-32-16-15-30(22-34(32)44(45,46)33(31)5-2)37-23-47-38(52-37)25-54(19-20-60)42(57)41(49-27-55)29-11-7-6-8-12-29/h5-17,21-23,27,41,60H,4,18-20,24-26H2,1-3H3,(H,47,52)(H,48,58)(H,49,55)(H,50,51)/b10-9+,31-13-,33-5+. The van der Waals surface area contributed by atoms with Gasteiger partial charge < -0.3 is 35.1 Å². The van der Waals surface area contributed by atoms with Crippen LogP contribution < -0.4 is 10.6 Å². The minimum absolute atomic E-state index is 0.0804. The van der Waals surface area contributed by atoms with Gasteiger partial charge in [0.05, 0.1) is 43.1 Å². The average Bonchev–Trinajstić information content (AvgIpc) is 3.95. The summed E-state index contributed by atoms with van der Waals surface area (Å²) in [6.45, 7) is 4.40. The van der Waals surface area contributed by atoms with Gasteiger partial charge in [0.15, 0.2) is 0 Å². The fraction of sp³-hybridized carbons (Fsp3) is 0.273. The lowest BCUT2D eigenvalue weighted by molar-refractivity contribution is -0.135. The molecule has 4 amide bonds. The van der Waals surface area contributed by atoms with Crippen LogP contribution in [0.2, 0.25) is 0 Å². The molecule has 2 heterocycles. The number of fused-ring (bicyclic) bond motifs is 2. The maximum Gasteiger partial charge on any atom is 0.407 e. The van der Waals surface area contributed by atoms with Gasteiger partial charge in [-0.1, -0.05) is 79.8 Å². The Hall–Kier alpha value is -6.55. The Morgan fingerprint density at radius 1 is 1.00 bits per heavy atom. The van der Waals surface area contributed by atoms with Crippen LogP contribution in [0.25, 0.3) is 33.9 Å². The molecule has 0 spiro atoms. The first-order valence-electron chi connectivity index (χ1n) is 19.4. The number of H-pyrrole nitrogens is 2. The number of thiol groups is 1. The third kappa shape index (κ3) is 9.66. The second-order valence-corrected chi connectivity index (χ2v) is 14.4. The van der Waals surface area contributed by atoms with Crippen molar-refractivity contribution in [1.29, 1.82) is 0 Å². The van der Waals surface area contributed by atoms with Crippen LogP contribution in [-0.4, -0.2) is 86.6 Å². The number of carbonyl (C=O) groups excluding carboxylic acids is 4. The molecule has 2 aromatic heterocycles. The van der Waals surface area contributed by atoms with E-state index in [9.17, 15) is 19.2 Å². The van der Waals surface area contributed by atoms with Crippen molar-refractivity contribution in [2.45, 2.75) is 45.3 Å². The zero-order chi connectivity index (χ0) is 42.8. The van der Waals surface area contributed by atoms with Crippen LogP contribution in [0.15, 0.2) is 96.7 Å². The molecule has 3 aromatic carbocycles. The second kappa shape index (κ2) is 19.5. The fourth-order valence-electron chi connectivity index (χ4n) is 7.13. The van der Waals surface area contributed by atoms with Crippen molar-refractivity contribution >= 4 is 59.6 Å². The summed E-state index contributed by atoms with van der Waals surface area (Å²) < 4.78 is 36.7. The van der Waals surface area contributed by atoms with Gasteiger partial charge in [-0.05, 0) is 53.8 Å². The molecule has 1 aliphatic carbocycles. The normalized spacial score (nSPS) is 15.0. The molecule has 0 saturated carbocycles. The summed E-state index contributed by atoms with van der Waals surface area (Å²) in [6, 6.07) is 18.5. The van der Waals surface area contributed by atoms with Crippen LogP contribution in [0.3, 0.4) is 0 Å². The Balaban J connectivity index is 1.18. The number of aromatic amines is 2. The number of imidazole rings is 2. The number of allylic oxidation sites excluding steroid dienone is 5. The van der Waals surface area contributed by atoms with E-state index in [0.717, 1.165) is 11.1 Å². The van der Waals surface area contributed by atoms with E-state index in [-0.39, 0.29) is 49.1 Å². The molecule has 0 saturated heterocycles. The maximum absolute atomic E-state index is 16.1. The first kappa shape index (κ1) is 43.0. The van der Waals surface area contributed by atoms with Crippen LogP contribution in [0.5, 0.6) is 0 Å². The van der Waals surface area contributed by atoms with Crippen molar-refractivity contribution in [3.8, 4) is 11.3 Å². The number of alkyl halides is 2. The average molecular weight is 837 g/mol. The van der Waals surface area contributed by atoms with E-state index in [2.05, 4.69) is 47.9 Å². The van der Waals surface area contributed by atoms with Crippen LogP contribution in [0.1, 0.15) is 60.2 Å². The Labute approximate surface area is 351 Å². The smallest absolute Gasteiger partial charge is 0.407 e. The van der Waals surface area contributed by atoms with E-state index >= 15 is 8.78 Å². The number of amides is 4. The number of nitrogens with zero attached hydrogens (tertiary/aromatic N) is 4. The monoisotopic (exact) mass is 836 g/mol. The lowest BCUT2D eigenvalue weighted by Gasteiger charge is -2.26. The summed E-state index contributed by atoms with van der Waals surface area (Å²) in [5.41, 5.74) is 4.44. The minimum atomic E-state index is -3.26. The van der Waals surface area contributed by atoms with Crippen molar-refractivity contribution in [3.05, 3.63) is 131 Å². The SMILES string of the molecule is C\C=C1/C(=C\C=C\c2ccc3nc(CN(CCC)C(=O)CNC(=O)OC)[nH]c3c2)c2ccc(-c3cnc(CN(CCS)C(=O)C(NC=O)c4ccccc4)[nH]3)cc2C1(F)F. The summed E-state index contributed by atoms with van der Waals surface area (Å²) in [7, 11) is 1.23. The Bertz CT molecular complexity index is 2440. The molecule has 4 N–H and O–H groups in total. The van der Waals surface area contributed by atoms with E-state index in [4.69, 9.17) is 0 Å². The van der Waals surface area contributed by atoms with Crippen LogP contribution >= 0.6 is 12.6 Å². The van der Waals surface area contributed by atoms with Crippen molar-refractivity contribution in [1.82, 2.24) is 40.4 Å². The van der Waals surface area contributed by atoms with Crippen molar-refractivity contribution in [2.24, 2.45) is 0 Å². The number of hydrogen-bond donors (Lipinski definition) is 5. The molecule has 5 aromatic rings. The van der Waals surface area contributed by atoms with E-state index in [1.807, 2.05) is 37.3 Å². The van der Waals surface area contributed by atoms with Gasteiger partial charge in [0.25, 0.3) is 5.92 Å². The lowest BCUT2D eigenvalue weighted by Crippen LogP contribution is -2.41. The summed E-state index contributed by atoms with van der Waals surface area (Å²) in [5, 5.41) is 5.02. The molecule has 0 radical (unpaired) electrons. The predicted molar refractivity (Wildman–Crippen MR) is 229 cm³/mol. The van der Waals surface area contributed by atoms with Gasteiger partial charge in [0, 0.05) is 35.5 Å². The second-order valence-electron chi connectivity index (χ2n) is 14.0. The van der Waals surface area contributed by atoms with E-state index in [1.54, 1.807) is 66.6 Å². The van der Waals surface area contributed by atoms with Gasteiger partial charge in [-0.25, -0.2) is 14.8 Å². The molecular formula is C44H46F2N8O5S. The van der Waals surface area contributed by atoms with Gasteiger partial charge in [0.1, 0.15) is 24.2 Å². The maximum atomic E-state index is 16.1. The van der Waals surface area contributed by atoms with Crippen LogP contribution in [0, 0.1) is 0 Å². The zero-order valence-corrected chi connectivity index (χ0v) is 34.3. The third-order valence-corrected chi connectivity index (χ3v) is 10.2. The highest BCUT2D eigenvalue weighted by molar-refractivity contribution is 7.80. The number of ether oxygens (including phenoxy) is 1. The number of nitrogens with one attached hydrogen (secondary N) is 4. The van der Waals surface area contributed by atoms with Gasteiger partial charge in [0.2, 0.25) is 18.2 Å². The molecule has 13 nitrogen and oxygen atoms in total. The lowest BCUT2D eigenvalue weighted by atomic mass is 10.0. The molecule has 16 heteroatoms. The van der Waals surface area contributed by atoms with Crippen molar-refractivity contribution < 1.29 is 32.7 Å². The number of rotatable bonds is 17. The van der Waals surface area contributed by atoms with Crippen LogP contribution in [-0.2, 0) is 38.1 Å². The topological polar surface area (TPSA) is 165 Å². The highest BCUT2D eigenvalue weighted by atomic mass is 32.1. The van der Waals surface area contributed by atoms with Gasteiger partial charge >= 0.3 is 6.09 Å². The fourth-order valence-corrected chi connectivity index (χ4v) is 7.38. The third-order valence-electron chi connectivity index (χ3n) is 10.0. The molecule has 312 valence electrons. The summed E-state index contributed by atoms with van der Waals surface area (Å²) >= 11 is 4.33. The molecule has 6 rings (SSSR count). The number of carbonyl (C=O) groups is 4. The molecule has 1 unspecified atom stereocenters. The Kier molecular flexibility index (Phi) is 14.0. The highest BCUT2D eigenvalue weighted by Crippen LogP contribution is 2.52. The number of benzene rings is 3. The minimum Gasteiger partial charge on any atom is -0.453 e. The Morgan fingerprint density at radius 3 is 2.50 bits per heavy atom. The van der Waals surface area contributed by atoms with E-state index in [1.165, 1.54) is 24.2 Å². The molecule has 1 aliphatic rings. The number of halogens is 2. The first-order chi connectivity index (χ1) is 29.0. The predicted octanol–water partition coefficient (Wildman–Crippen LogP) is 6.94. The Morgan fingerprint density at radius 2 is 1.78 bits per heavy atom. The number of methoxy groups -OCH3 is 1. The molecular weight excluding hydrogens is 791 g/mol. The number of aromatic nitrogens is 4. The summed E-state index contributed by atoms with van der Waals surface area (Å²) in [5.74, 6) is -2.49. The summed E-state index contributed by atoms with van der Waals surface area (Å²) in [4.78, 5) is 67.9. The van der Waals surface area contributed by atoms with Crippen molar-refractivity contribution in [2.75, 3.05) is 32.5 Å². The van der Waals surface area contributed by atoms with Crippen LogP contribution in [0.4, 0.5) is 13.6 Å². The summed E-state index contributed by atoms with van der Waals surface area (Å²) in [6.07, 6.45) is 8.73. The largest absolute Gasteiger partial charge is 0.453 e. The highest BCUT2D eigenvalue weighted by Gasteiger charge is 2.46. The van der Waals surface area contributed by atoms with Gasteiger partial charge in [-0.3, -0.25) is 14.4 Å². The first-order valence-corrected chi connectivity index (χ1v) is 20.0. The van der Waals surface area contributed by atoms with E-state index in [0.29, 0.717) is 70.3 Å². The quantitative estimate of drug-likeness (QED) is 0.0500. The number of alkyl carbamates (subject to hydrolysis) is 1. The van der Waals surface area contributed by atoms with Gasteiger partial charge in [-0.15, -0.1) is 0 Å². The number of hydrogen-bond acceptors (Lipinski definition) is 8. The van der Waals surface area contributed by atoms with Gasteiger partial charge in [-0.2, -0.15) is 21.4 Å². The molecule has 1 atom stereocenters. The molecule has 0 aliphatic heterocycles. The van der Waals surface area contributed by atoms with E-state index < -0.39 is 18.1 Å². The van der Waals surface area contributed by atoms with Crippen molar-refractivity contribution in [3.63, 3.8) is 0 Å². The molecule has 60 heavy (non-hydrogen) atoms.